The molecule has 2 aromatic rings. The molecule has 3 rings (SSSR count). The second-order valence-electron chi connectivity index (χ2n) is 7.02. The molecule has 0 radical (unpaired) electrons. The SMILES string of the molecule is COc1cc(OC)c2[nH]c(C)c(CN(C)C3CCCCC3)c(=O)c2c1. The fourth-order valence-electron chi connectivity index (χ4n) is 3.86. The second-order valence-corrected chi connectivity index (χ2v) is 7.02. The van der Waals surface area contributed by atoms with E-state index < -0.39 is 0 Å². The lowest BCUT2D eigenvalue weighted by Crippen LogP contribution is -2.34. The number of methoxy groups -OCH3 is 2. The maximum atomic E-state index is 13.1. The molecular formula is C20H28N2O3. The first-order valence-electron chi connectivity index (χ1n) is 9.03. The van der Waals surface area contributed by atoms with Crippen molar-refractivity contribution < 1.29 is 9.47 Å². The van der Waals surface area contributed by atoms with E-state index in [0.717, 1.165) is 16.8 Å². The van der Waals surface area contributed by atoms with Crippen LogP contribution in [0.1, 0.15) is 43.4 Å². The molecule has 0 aliphatic heterocycles. The summed E-state index contributed by atoms with van der Waals surface area (Å²) in [5.74, 6) is 1.26. The summed E-state index contributed by atoms with van der Waals surface area (Å²) in [5, 5.41) is 0.619. The Morgan fingerprint density at radius 1 is 1.16 bits per heavy atom. The summed E-state index contributed by atoms with van der Waals surface area (Å²) in [4.78, 5) is 18.9. The third kappa shape index (κ3) is 3.52. The summed E-state index contributed by atoms with van der Waals surface area (Å²) in [6.45, 7) is 2.63. The van der Waals surface area contributed by atoms with E-state index in [1.807, 2.05) is 6.92 Å². The van der Waals surface area contributed by atoms with Crippen LogP contribution in [-0.4, -0.2) is 37.2 Å². The number of H-pyrrole nitrogens is 1. The van der Waals surface area contributed by atoms with Gasteiger partial charge in [-0.15, -0.1) is 0 Å². The number of ether oxygens (including phenoxy) is 2. The number of aromatic amines is 1. The van der Waals surface area contributed by atoms with Gasteiger partial charge in [0.25, 0.3) is 0 Å². The Hall–Kier alpha value is -2.01. The van der Waals surface area contributed by atoms with Crippen LogP contribution in [0.25, 0.3) is 10.9 Å². The third-order valence-electron chi connectivity index (χ3n) is 5.42. The maximum absolute atomic E-state index is 13.1. The zero-order valence-electron chi connectivity index (χ0n) is 15.6. The van der Waals surface area contributed by atoms with Crippen molar-refractivity contribution in [2.45, 2.75) is 51.6 Å². The van der Waals surface area contributed by atoms with Crippen LogP contribution in [0.3, 0.4) is 0 Å². The fraction of sp³-hybridized carbons (Fsp3) is 0.550. The first kappa shape index (κ1) is 17.8. The van der Waals surface area contributed by atoms with E-state index in [2.05, 4.69) is 16.9 Å². The molecule has 0 saturated heterocycles. The topological polar surface area (TPSA) is 54.6 Å². The summed E-state index contributed by atoms with van der Waals surface area (Å²) in [6.07, 6.45) is 6.36. The van der Waals surface area contributed by atoms with Crippen molar-refractivity contribution in [3.05, 3.63) is 33.6 Å². The van der Waals surface area contributed by atoms with Crippen LogP contribution in [-0.2, 0) is 6.54 Å². The Labute approximate surface area is 148 Å². The van der Waals surface area contributed by atoms with Crippen LogP contribution in [0, 0.1) is 6.92 Å². The number of hydrogen-bond acceptors (Lipinski definition) is 4. The third-order valence-corrected chi connectivity index (χ3v) is 5.42. The lowest BCUT2D eigenvalue weighted by molar-refractivity contribution is 0.184. The van der Waals surface area contributed by atoms with Crippen molar-refractivity contribution in [1.29, 1.82) is 0 Å². The molecule has 0 bridgehead atoms. The molecule has 0 atom stereocenters. The molecule has 1 saturated carbocycles. The van der Waals surface area contributed by atoms with E-state index in [4.69, 9.17) is 9.47 Å². The molecule has 0 amide bonds. The van der Waals surface area contributed by atoms with Crippen LogP contribution < -0.4 is 14.9 Å². The molecule has 25 heavy (non-hydrogen) atoms. The van der Waals surface area contributed by atoms with Crippen LogP contribution in [0.4, 0.5) is 0 Å². The van der Waals surface area contributed by atoms with Gasteiger partial charge in [-0.2, -0.15) is 0 Å². The largest absolute Gasteiger partial charge is 0.497 e. The van der Waals surface area contributed by atoms with Crippen molar-refractivity contribution in [1.82, 2.24) is 9.88 Å². The molecule has 0 unspecified atom stereocenters. The Balaban J connectivity index is 2.02. The minimum Gasteiger partial charge on any atom is -0.497 e. The highest BCUT2D eigenvalue weighted by molar-refractivity contribution is 5.86. The lowest BCUT2D eigenvalue weighted by atomic mass is 9.94. The normalized spacial score (nSPS) is 15.7. The van der Waals surface area contributed by atoms with E-state index in [0.29, 0.717) is 29.5 Å². The Morgan fingerprint density at radius 2 is 1.88 bits per heavy atom. The van der Waals surface area contributed by atoms with Crippen molar-refractivity contribution in [2.75, 3.05) is 21.3 Å². The molecule has 1 aromatic carbocycles. The van der Waals surface area contributed by atoms with E-state index in [1.165, 1.54) is 32.1 Å². The number of fused-ring (bicyclic) bond motifs is 1. The highest BCUT2D eigenvalue weighted by atomic mass is 16.5. The summed E-state index contributed by atoms with van der Waals surface area (Å²) in [7, 11) is 5.33. The zero-order chi connectivity index (χ0) is 18.0. The van der Waals surface area contributed by atoms with E-state index in [9.17, 15) is 4.79 Å². The van der Waals surface area contributed by atoms with Gasteiger partial charge in [0.1, 0.15) is 11.5 Å². The maximum Gasteiger partial charge on any atom is 0.194 e. The Morgan fingerprint density at radius 3 is 2.52 bits per heavy atom. The van der Waals surface area contributed by atoms with Gasteiger partial charge >= 0.3 is 0 Å². The number of rotatable bonds is 5. The Bertz CT molecular complexity index is 807. The van der Waals surface area contributed by atoms with E-state index in [1.54, 1.807) is 26.4 Å². The molecule has 1 heterocycles. The molecule has 1 N–H and O–H groups in total. The summed E-state index contributed by atoms with van der Waals surface area (Å²) < 4.78 is 10.8. The van der Waals surface area contributed by atoms with Crippen molar-refractivity contribution in [2.24, 2.45) is 0 Å². The van der Waals surface area contributed by atoms with E-state index >= 15 is 0 Å². The minimum absolute atomic E-state index is 0.0612. The molecule has 1 aliphatic rings. The van der Waals surface area contributed by atoms with Gasteiger partial charge in [-0.25, -0.2) is 0 Å². The first-order chi connectivity index (χ1) is 12.0. The highest BCUT2D eigenvalue weighted by Gasteiger charge is 2.21. The average molecular weight is 344 g/mol. The van der Waals surface area contributed by atoms with Crippen molar-refractivity contribution in [3.8, 4) is 11.5 Å². The van der Waals surface area contributed by atoms with Gasteiger partial charge in [0.2, 0.25) is 0 Å². The number of benzene rings is 1. The van der Waals surface area contributed by atoms with Crippen molar-refractivity contribution in [3.63, 3.8) is 0 Å². The quantitative estimate of drug-likeness (QED) is 0.900. The molecule has 1 aliphatic carbocycles. The summed E-state index contributed by atoms with van der Waals surface area (Å²) in [5.41, 5.74) is 2.53. The van der Waals surface area contributed by atoms with E-state index in [-0.39, 0.29) is 5.43 Å². The predicted octanol–water partition coefficient (Wildman–Crippen LogP) is 3.62. The van der Waals surface area contributed by atoms with Gasteiger partial charge < -0.3 is 14.5 Å². The van der Waals surface area contributed by atoms with Crippen LogP contribution in [0.15, 0.2) is 16.9 Å². The lowest BCUT2D eigenvalue weighted by Gasteiger charge is -2.31. The summed E-state index contributed by atoms with van der Waals surface area (Å²) >= 11 is 0. The molecular weight excluding hydrogens is 316 g/mol. The summed E-state index contributed by atoms with van der Waals surface area (Å²) in [6, 6.07) is 4.16. The van der Waals surface area contributed by atoms with Crippen LogP contribution in [0.2, 0.25) is 0 Å². The monoisotopic (exact) mass is 344 g/mol. The van der Waals surface area contributed by atoms with Gasteiger partial charge in [0, 0.05) is 29.9 Å². The van der Waals surface area contributed by atoms with Gasteiger partial charge in [-0.3, -0.25) is 9.69 Å². The van der Waals surface area contributed by atoms with Gasteiger partial charge in [0.15, 0.2) is 5.43 Å². The van der Waals surface area contributed by atoms with Crippen molar-refractivity contribution >= 4 is 10.9 Å². The smallest absolute Gasteiger partial charge is 0.194 e. The first-order valence-corrected chi connectivity index (χ1v) is 9.03. The fourth-order valence-corrected chi connectivity index (χ4v) is 3.86. The number of hydrogen-bond donors (Lipinski definition) is 1. The zero-order valence-corrected chi connectivity index (χ0v) is 15.6. The highest BCUT2D eigenvalue weighted by Crippen LogP contribution is 2.29. The number of pyridine rings is 1. The van der Waals surface area contributed by atoms with Gasteiger partial charge in [-0.05, 0) is 32.9 Å². The molecule has 5 heteroatoms. The van der Waals surface area contributed by atoms with Gasteiger partial charge in [0.05, 0.1) is 25.1 Å². The van der Waals surface area contributed by atoms with Crippen LogP contribution in [0.5, 0.6) is 11.5 Å². The molecule has 0 spiro atoms. The molecule has 5 nitrogen and oxygen atoms in total. The minimum atomic E-state index is 0.0612. The average Bonchev–Trinajstić information content (AvgIpc) is 2.65. The standard InChI is InChI=1S/C20H28N2O3/c1-13-17(12-22(2)14-8-6-5-7-9-14)20(23)16-10-15(24-3)11-18(25-4)19(16)21-13/h10-11,14H,5-9,12H2,1-4H3,(H,21,23). The van der Waals surface area contributed by atoms with Crippen LogP contribution >= 0.6 is 0 Å². The number of aromatic nitrogens is 1. The Kier molecular flexibility index (Phi) is 5.33. The molecule has 136 valence electrons. The number of aryl methyl sites for hydroxylation is 1. The van der Waals surface area contributed by atoms with Gasteiger partial charge in [-0.1, -0.05) is 19.3 Å². The second kappa shape index (κ2) is 7.48. The molecule has 1 aromatic heterocycles. The number of nitrogens with one attached hydrogen (secondary N) is 1. The number of nitrogens with zero attached hydrogens (tertiary/aromatic N) is 1. The predicted molar refractivity (Wildman–Crippen MR) is 101 cm³/mol. The molecule has 1 fully saturated rings.